The summed E-state index contributed by atoms with van der Waals surface area (Å²) in [6, 6.07) is 11.5. The van der Waals surface area contributed by atoms with Crippen LogP contribution in [0.15, 0.2) is 47.1 Å². The van der Waals surface area contributed by atoms with Crippen molar-refractivity contribution in [2.75, 3.05) is 51.1 Å². The Bertz CT molecular complexity index is 732. The molecule has 0 unspecified atom stereocenters. The first-order valence-electron chi connectivity index (χ1n) is 9.93. The molecule has 1 aliphatic heterocycles. The van der Waals surface area contributed by atoms with E-state index in [0.717, 1.165) is 50.6 Å². The van der Waals surface area contributed by atoms with Crippen LogP contribution in [0.5, 0.6) is 0 Å². The maximum atomic E-state index is 6.28. The molecule has 28 heavy (non-hydrogen) atoms. The van der Waals surface area contributed by atoms with E-state index in [-0.39, 0.29) is 0 Å². The van der Waals surface area contributed by atoms with Gasteiger partial charge in [0.15, 0.2) is 5.11 Å². The fourth-order valence-electron chi connectivity index (χ4n) is 3.41. The van der Waals surface area contributed by atoms with Gasteiger partial charge in [-0.2, -0.15) is 0 Å². The van der Waals surface area contributed by atoms with E-state index < -0.39 is 0 Å². The Labute approximate surface area is 178 Å². The van der Waals surface area contributed by atoms with Crippen molar-refractivity contribution in [1.82, 2.24) is 14.7 Å². The highest BCUT2D eigenvalue weighted by molar-refractivity contribution is 7.80. The van der Waals surface area contributed by atoms with E-state index in [1.807, 2.05) is 36.4 Å². The van der Waals surface area contributed by atoms with Crippen molar-refractivity contribution in [3.63, 3.8) is 0 Å². The van der Waals surface area contributed by atoms with Gasteiger partial charge in [0.25, 0.3) is 0 Å². The largest absolute Gasteiger partial charge is 0.467 e. The summed E-state index contributed by atoms with van der Waals surface area (Å²) < 4.78 is 5.54. The van der Waals surface area contributed by atoms with E-state index >= 15 is 0 Å². The molecular weight excluding hydrogens is 392 g/mol. The summed E-state index contributed by atoms with van der Waals surface area (Å²) in [7, 11) is 0. The average Bonchev–Trinajstić information content (AvgIpc) is 3.22. The topological polar surface area (TPSA) is 34.9 Å². The number of hydrogen-bond donors (Lipinski definition) is 1. The van der Waals surface area contributed by atoms with Crippen molar-refractivity contribution >= 4 is 34.6 Å². The van der Waals surface area contributed by atoms with Crippen LogP contribution in [-0.4, -0.2) is 65.6 Å². The first-order valence-corrected chi connectivity index (χ1v) is 10.7. The first-order chi connectivity index (χ1) is 13.7. The van der Waals surface area contributed by atoms with Gasteiger partial charge in [-0.3, -0.25) is 0 Å². The number of likely N-dealkylation sites (N-methyl/N-ethyl adjacent to an activating group) is 1. The second-order valence-corrected chi connectivity index (χ2v) is 7.83. The third kappa shape index (κ3) is 6.21. The Morgan fingerprint density at radius 2 is 1.89 bits per heavy atom. The standard InChI is InChI=1S/C21H29ClN4OS/c1-2-24-12-14-25(15-13-24)10-6-11-26(17-18-7-5-16-27-18)21(28)23-20-9-4-3-8-19(20)22/h3-5,7-9,16H,2,6,10-15,17H2,1H3,(H,23,28). The summed E-state index contributed by atoms with van der Waals surface area (Å²) in [6.45, 7) is 10.6. The zero-order chi connectivity index (χ0) is 19.8. The lowest BCUT2D eigenvalue weighted by atomic mass is 10.2. The van der Waals surface area contributed by atoms with Crippen LogP contribution in [-0.2, 0) is 6.54 Å². The zero-order valence-electron chi connectivity index (χ0n) is 16.4. The number of hydrogen-bond acceptors (Lipinski definition) is 4. The third-order valence-electron chi connectivity index (χ3n) is 5.14. The molecule has 0 aliphatic carbocycles. The zero-order valence-corrected chi connectivity index (χ0v) is 18.0. The molecule has 3 rings (SSSR count). The number of thiocarbonyl (C=S) groups is 1. The highest BCUT2D eigenvalue weighted by atomic mass is 35.5. The molecule has 0 bridgehead atoms. The highest BCUT2D eigenvalue weighted by Crippen LogP contribution is 2.21. The first kappa shape index (κ1) is 21.1. The molecule has 7 heteroatoms. The fourth-order valence-corrected chi connectivity index (χ4v) is 3.86. The Morgan fingerprint density at radius 1 is 1.14 bits per heavy atom. The molecule has 1 N–H and O–H groups in total. The molecule has 2 heterocycles. The highest BCUT2D eigenvalue weighted by Gasteiger charge is 2.17. The molecule has 0 radical (unpaired) electrons. The number of benzene rings is 1. The SMILES string of the molecule is CCN1CCN(CCCN(Cc2ccco2)C(=S)Nc2ccccc2Cl)CC1. The normalized spacial score (nSPS) is 15.5. The van der Waals surface area contributed by atoms with Crippen LogP contribution in [0, 0.1) is 0 Å². The van der Waals surface area contributed by atoms with E-state index in [0.29, 0.717) is 16.7 Å². The lowest BCUT2D eigenvalue weighted by Crippen LogP contribution is -2.46. The van der Waals surface area contributed by atoms with Gasteiger partial charge in [-0.15, -0.1) is 0 Å². The monoisotopic (exact) mass is 420 g/mol. The van der Waals surface area contributed by atoms with Gasteiger partial charge in [0.1, 0.15) is 5.76 Å². The van der Waals surface area contributed by atoms with Crippen LogP contribution in [0.1, 0.15) is 19.1 Å². The second-order valence-electron chi connectivity index (χ2n) is 7.04. The predicted molar refractivity (Wildman–Crippen MR) is 120 cm³/mol. The minimum absolute atomic E-state index is 0.646. The number of rotatable bonds is 8. The van der Waals surface area contributed by atoms with Crippen LogP contribution >= 0.6 is 23.8 Å². The van der Waals surface area contributed by atoms with Gasteiger partial charge in [-0.25, -0.2) is 0 Å². The molecule has 1 saturated heterocycles. The quantitative estimate of drug-likeness (QED) is 0.646. The third-order valence-corrected chi connectivity index (χ3v) is 5.83. The summed E-state index contributed by atoms with van der Waals surface area (Å²) in [5.74, 6) is 0.903. The average molecular weight is 421 g/mol. The number of para-hydroxylation sites is 1. The van der Waals surface area contributed by atoms with E-state index in [1.165, 1.54) is 13.1 Å². The molecule has 1 aliphatic rings. The number of furan rings is 1. The van der Waals surface area contributed by atoms with Crippen LogP contribution < -0.4 is 5.32 Å². The lowest BCUT2D eigenvalue weighted by Gasteiger charge is -2.34. The van der Waals surface area contributed by atoms with Gasteiger partial charge in [0.2, 0.25) is 0 Å². The molecule has 0 atom stereocenters. The van der Waals surface area contributed by atoms with Crippen molar-refractivity contribution in [2.24, 2.45) is 0 Å². The van der Waals surface area contributed by atoms with Gasteiger partial charge in [-0.05, 0) is 56.0 Å². The molecule has 1 aromatic carbocycles. The summed E-state index contributed by atoms with van der Waals surface area (Å²) in [6.07, 6.45) is 2.75. The smallest absolute Gasteiger partial charge is 0.173 e. The molecule has 1 aromatic heterocycles. The summed E-state index contributed by atoms with van der Waals surface area (Å²) in [5.41, 5.74) is 0.828. The van der Waals surface area contributed by atoms with Gasteiger partial charge in [0, 0.05) is 32.7 Å². The fraction of sp³-hybridized carbons (Fsp3) is 0.476. The maximum Gasteiger partial charge on any atom is 0.173 e. The molecule has 152 valence electrons. The van der Waals surface area contributed by atoms with Crippen LogP contribution in [0.4, 0.5) is 5.69 Å². The van der Waals surface area contributed by atoms with Gasteiger partial charge in [-0.1, -0.05) is 30.7 Å². The Kier molecular flexibility index (Phi) is 8.15. The van der Waals surface area contributed by atoms with Crippen molar-refractivity contribution in [2.45, 2.75) is 19.9 Å². The van der Waals surface area contributed by atoms with Crippen LogP contribution in [0.25, 0.3) is 0 Å². The Balaban J connectivity index is 1.54. The summed E-state index contributed by atoms with van der Waals surface area (Å²) >= 11 is 12.0. The van der Waals surface area contributed by atoms with Crippen LogP contribution in [0.2, 0.25) is 5.02 Å². The molecule has 2 aromatic rings. The molecular formula is C21H29ClN4OS. The summed E-state index contributed by atoms with van der Waals surface area (Å²) in [5, 5.41) is 4.62. The molecule has 1 fully saturated rings. The number of nitrogens with one attached hydrogen (secondary N) is 1. The maximum absolute atomic E-state index is 6.28. The Morgan fingerprint density at radius 3 is 2.57 bits per heavy atom. The molecule has 0 saturated carbocycles. The number of piperazine rings is 1. The van der Waals surface area contributed by atoms with Gasteiger partial charge >= 0.3 is 0 Å². The van der Waals surface area contributed by atoms with E-state index in [2.05, 4.69) is 26.9 Å². The Hall–Kier alpha value is -1.60. The van der Waals surface area contributed by atoms with E-state index in [1.54, 1.807) is 6.26 Å². The number of nitrogens with zero attached hydrogens (tertiary/aromatic N) is 3. The van der Waals surface area contributed by atoms with E-state index in [9.17, 15) is 0 Å². The predicted octanol–water partition coefficient (Wildman–Crippen LogP) is 4.16. The van der Waals surface area contributed by atoms with Crippen LogP contribution in [0.3, 0.4) is 0 Å². The minimum Gasteiger partial charge on any atom is -0.467 e. The van der Waals surface area contributed by atoms with Crippen molar-refractivity contribution in [1.29, 1.82) is 0 Å². The van der Waals surface area contributed by atoms with Crippen molar-refractivity contribution in [3.05, 3.63) is 53.4 Å². The molecule has 0 spiro atoms. The van der Waals surface area contributed by atoms with Crippen molar-refractivity contribution in [3.8, 4) is 0 Å². The van der Waals surface area contributed by atoms with Gasteiger partial charge < -0.3 is 24.4 Å². The number of anilines is 1. The summed E-state index contributed by atoms with van der Waals surface area (Å²) in [4.78, 5) is 7.20. The molecule has 5 nitrogen and oxygen atoms in total. The molecule has 0 amide bonds. The van der Waals surface area contributed by atoms with Crippen molar-refractivity contribution < 1.29 is 4.42 Å². The van der Waals surface area contributed by atoms with Gasteiger partial charge in [0.05, 0.1) is 23.5 Å². The second kappa shape index (κ2) is 10.8. The van der Waals surface area contributed by atoms with E-state index in [4.69, 9.17) is 28.2 Å². The minimum atomic E-state index is 0.646. The number of halogens is 1. The lowest BCUT2D eigenvalue weighted by molar-refractivity contribution is 0.134.